The zero-order chi connectivity index (χ0) is 21.8. The van der Waals surface area contributed by atoms with Crippen molar-refractivity contribution >= 4 is 5.71 Å². The predicted molar refractivity (Wildman–Crippen MR) is 119 cm³/mol. The summed E-state index contributed by atoms with van der Waals surface area (Å²) in [6.07, 6.45) is 13.5. The number of likely N-dealkylation sites (N-methyl/N-ethyl adjacent to an activating group) is 1. The van der Waals surface area contributed by atoms with E-state index in [4.69, 9.17) is 10.5 Å². The second-order valence-corrected chi connectivity index (χ2v) is 7.47. The summed E-state index contributed by atoms with van der Waals surface area (Å²) in [7, 11) is 3.38. The molecule has 1 aliphatic heterocycles. The molecule has 158 valence electrons. The number of allylic oxidation sites excluding steroid dienone is 10. The van der Waals surface area contributed by atoms with E-state index in [0.29, 0.717) is 35.7 Å². The maximum atomic E-state index is 14.6. The van der Waals surface area contributed by atoms with E-state index in [0.717, 1.165) is 29.7 Å². The molecular formula is C24H28FN3O2. The SMILES string of the molecule is C=C1/C(=N\C(C2=C(OC)C=C(C3=CCC=C(N)C=C3)CC2)=C(/C)F)C=C(O)CN1C. The molecule has 0 bridgehead atoms. The molecule has 0 radical (unpaired) electrons. The molecule has 6 heteroatoms. The third-order valence-electron chi connectivity index (χ3n) is 5.29. The Labute approximate surface area is 177 Å². The quantitative estimate of drug-likeness (QED) is 0.694. The number of hydrogen-bond donors (Lipinski definition) is 2. The Morgan fingerprint density at radius 3 is 2.73 bits per heavy atom. The van der Waals surface area contributed by atoms with Crippen molar-refractivity contribution in [1.29, 1.82) is 0 Å². The number of halogens is 1. The van der Waals surface area contributed by atoms with Gasteiger partial charge in [0.15, 0.2) is 0 Å². The third kappa shape index (κ3) is 4.64. The summed E-state index contributed by atoms with van der Waals surface area (Å²) in [6.45, 7) is 5.73. The fraction of sp³-hybridized carbons (Fsp3) is 0.292. The summed E-state index contributed by atoms with van der Waals surface area (Å²) in [5.74, 6) is 0.324. The highest BCUT2D eigenvalue weighted by Crippen LogP contribution is 2.36. The molecule has 0 amide bonds. The zero-order valence-electron chi connectivity index (χ0n) is 17.7. The molecule has 0 aromatic carbocycles. The molecule has 0 aromatic heterocycles. The molecule has 5 nitrogen and oxygen atoms in total. The largest absolute Gasteiger partial charge is 0.510 e. The summed E-state index contributed by atoms with van der Waals surface area (Å²) in [6, 6.07) is 0. The number of nitrogens with two attached hydrogens (primary N) is 1. The molecule has 3 N–H and O–H groups in total. The predicted octanol–water partition coefficient (Wildman–Crippen LogP) is 4.88. The Balaban J connectivity index is 2.02. The topological polar surface area (TPSA) is 71.1 Å². The highest BCUT2D eigenvalue weighted by Gasteiger charge is 2.23. The van der Waals surface area contributed by atoms with Crippen LogP contribution in [0, 0.1) is 0 Å². The molecule has 1 heterocycles. The van der Waals surface area contributed by atoms with Crippen molar-refractivity contribution < 1.29 is 14.2 Å². The van der Waals surface area contributed by atoms with Gasteiger partial charge in [-0.3, -0.25) is 0 Å². The Morgan fingerprint density at radius 1 is 1.27 bits per heavy atom. The van der Waals surface area contributed by atoms with Crippen molar-refractivity contribution in [2.45, 2.75) is 26.2 Å². The minimum atomic E-state index is -0.414. The normalized spacial score (nSPS) is 22.2. The van der Waals surface area contributed by atoms with E-state index in [1.54, 1.807) is 19.1 Å². The second-order valence-electron chi connectivity index (χ2n) is 7.47. The first-order valence-electron chi connectivity index (χ1n) is 9.87. The van der Waals surface area contributed by atoms with Crippen LogP contribution in [0.15, 0.2) is 99.2 Å². The Morgan fingerprint density at radius 2 is 2.03 bits per heavy atom. The first-order chi connectivity index (χ1) is 14.3. The van der Waals surface area contributed by atoms with Crippen molar-refractivity contribution in [3.63, 3.8) is 0 Å². The van der Waals surface area contributed by atoms with E-state index in [1.165, 1.54) is 13.0 Å². The number of methoxy groups -OCH3 is 1. The van der Waals surface area contributed by atoms with Gasteiger partial charge in [-0.05, 0) is 49.5 Å². The standard InChI is InChI=1S/C24H28FN3O2/c1-15(25)24(27-22-13-20(29)14-28(3)16(22)2)21-11-9-18(12-23(21)30-4)17-6-5-7-19(26)10-8-17/h6-8,10,12-13,29H,2,5,9,11,14,26H2,1,3-4H3/b24-15+,27-22-. The maximum Gasteiger partial charge on any atom is 0.124 e. The van der Waals surface area contributed by atoms with Crippen molar-refractivity contribution in [3.05, 3.63) is 94.2 Å². The molecule has 0 spiro atoms. The fourth-order valence-corrected chi connectivity index (χ4v) is 3.62. The highest BCUT2D eigenvalue weighted by atomic mass is 19.1. The molecule has 0 fully saturated rings. The van der Waals surface area contributed by atoms with Gasteiger partial charge in [0, 0.05) is 24.4 Å². The van der Waals surface area contributed by atoms with E-state index in [9.17, 15) is 9.50 Å². The lowest BCUT2D eigenvalue weighted by atomic mass is 9.89. The first-order valence-corrected chi connectivity index (χ1v) is 9.87. The Bertz CT molecular complexity index is 999. The molecule has 30 heavy (non-hydrogen) atoms. The summed E-state index contributed by atoms with van der Waals surface area (Å²) >= 11 is 0. The minimum Gasteiger partial charge on any atom is -0.510 e. The van der Waals surface area contributed by atoms with E-state index in [1.807, 2.05) is 24.3 Å². The zero-order valence-corrected chi connectivity index (χ0v) is 17.7. The van der Waals surface area contributed by atoms with Gasteiger partial charge >= 0.3 is 0 Å². The van der Waals surface area contributed by atoms with Crippen molar-refractivity contribution in [2.75, 3.05) is 20.7 Å². The molecule has 3 aliphatic rings. The number of aliphatic hydroxyl groups excluding tert-OH is 1. The smallest absolute Gasteiger partial charge is 0.124 e. The van der Waals surface area contributed by atoms with Crippen molar-refractivity contribution in [1.82, 2.24) is 4.90 Å². The minimum absolute atomic E-state index is 0.159. The summed E-state index contributed by atoms with van der Waals surface area (Å²) < 4.78 is 20.2. The fourth-order valence-electron chi connectivity index (χ4n) is 3.62. The second kappa shape index (κ2) is 9.03. The van der Waals surface area contributed by atoms with Crippen LogP contribution in [0.1, 0.15) is 26.2 Å². The average Bonchev–Trinajstić information content (AvgIpc) is 2.93. The number of ether oxygens (including phenoxy) is 1. The van der Waals surface area contributed by atoms with E-state index >= 15 is 0 Å². The van der Waals surface area contributed by atoms with Gasteiger partial charge in [0.1, 0.15) is 23.0 Å². The van der Waals surface area contributed by atoms with Gasteiger partial charge in [0.05, 0.1) is 25.1 Å². The number of nitrogens with zero attached hydrogens (tertiary/aromatic N) is 2. The lowest BCUT2D eigenvalue weighted by Crippen LogP contribution is -2.29. The van der Waals surface area contributed by atoms with Crippen LogP contribution in [-0.2, 0) is 4.74 Å². The van der Waals surface area contributed by atoms with Crippen molar-refractivity contribution in [2.24, 2.45) is 10.7 Å². The Kier molecular flexibility index (Phi) is 6.45. The van der Waals surface area contributed by atoms with Crippen LogP contribution in [-0.4, -0.2) is 36.4 Å². The lowest BCUT2D eigenvalue weighted by molar-refractivity contribution is 0.299. The molecule has 0 saturated carbocycles. The first kappa shape index (κ1) is 21.4. The van der Waals surface area contributed by atoms with Gasteiger partial charge < -0.3 is 20.5 Å². The number of aliphatic hydroxyl groups is 1. The van der Waals surface area contributed by atoms with E-state index in [-0.39, 0.29) is 11.5 Å². The van der Waals surface area contributed by atoms with Crippen LogP contribution in [0.4, 0.5) is 4.39 Å². The molecule has 2 aliphatic carbocycles. The van der Waals surface area contributed by atoms with Crippen molar-refractivity contribution in [3.8, 4) is 0 Å². The van der Waals surface area contributed by atoms with Gasteiger partial charge in [0.25, 0.3) is 0 Å². The average molecular weight is 410 g/mol. The van der Waals surface area contributed by atoms with Crippen LogP contribution in [0.2, 0.25) is 0 Å². The molecule has 0 saturated heterocycles. The van der Waals surface area contributed by atoms with Gasteiger partial charge in [-0.1, -0.05) is 24.8 Å². The molecule has 3 rings (SSSR count). The maximum absolute atomic E-state index is 14.6. The molecule has 0 unspecified atom stereocenters. The number of rotatable bonds is 4. The van der Waals surface area contributed by atoms with Crippen LogP contribution < -0.4 is 5.73 Å². The number of hydrogen-bond acceptors (Lipinski definition) is 5. The molecule has 0 atom stereocenters. The molecular weight excluding hydrogens is 381 g/mol. The van der Waals surface area contributed by atoms with Gasteiger partial charge in [-0.2, -0.15) is 0 Å². The van der Waals surface area contributed by atoms with Gasteiger partial charge in [0.2, 0.25) is 0 Å². The number of aliphatic imine (C=N–C) groups is 1. The van der Waals surface area contributed by atoms with Crippen LogP contribution >= 0.6 is 0 Å². The third-order valence-corrected chi connectivity index (χ3v) is 5.29. The Hall–Kier alpha value is -3.28. The summed E-state index contributed by atoms with van der Waals surface area (Å²) in [4.78, 5) is 6.30. The van der Waals surface area contributed by atoms with Crippen LogP contribution in [0.5, 0.6) is 0 Å². The van der Waals surface area contributed by atoms with Gasteiger partial charge in [-0.25, -0.2) is 9.38 Å². The monoisotopic (exact) mass is 409 g/mol. The lowest BCUT2D eigenvalue weighted by Gasteiger charge is -2.26. The highest BCUT2D eigenvalue weighted by molar-refractivity contribution is 6.09. The summed E-state index contributed by atoms with van der Waals surface area (Å²) in [5, 5.41) is 9.96. The van der Waals surface area contributed by atoms with E-state index in [2.05, 4.69) is 17.6 Å². The van der Waals surface area contributed by atoms with Crippen LogP contribution in [0.3, 0.4) is 0 Å². The van der Waals surface area contributed by atoms with E-state index < -0.39 is 5.83 Å². The molecule has 0 aromatic rings. The van der Waals surface area contributed by atoms with Gasteiger partial charge in [-0.15, -0.1) is 0 Å². The van der Waals surface area contributed by atoms with Crippen LogP contribution in [0.25, 0.3) is 0 Å². The summed E-state index contributed by atoms with van der Waals surface area (Å²) in [5.41, 5.74) is 10.8.